The topological polar surface area (TPSA) is 41.6 Å². The Kier molecular flexibility index (Phi) is 2.88. The summed E-state index contributed by atoms with van der Waals surface area (Å²) in [5, 5.41) is 2.83. The summed E-state index contributed by atoms with van der Waals surface area (Å²) in [6.45, 7) is 5.44. The summed E-state index contributed by atoms with van der Waals surface area (Å²) >= 11 is 0. The van der Waals surface area contributed by atoms with Crippen molar-refractivity contribution in [3.63, 3.8) is 0 Å². The lowest BCUT2D eigenvalue weighted by molar-refractivity contribution is -0.124. The van der Waals surface area contributed by atoms with Crippen molar-refractivity contribution >= 4 is 5.91 Å². The molecule has 0 aromatic carbocycles. The minimum absolute atomic E-state index is 0.133. The van der Waals surface area contributed by atoms with Gasteiger partial charge in [0.25, 0.3) is 0 Å². The molecule has 0 unspecified atom stereocenters. The molecule has 1 rings (SSSR count). The molecular formula is C8H15NO2. The number of hydrogen-bond donors (Lipinski definition) is 1. The van der Waals surface area contributed by atoms with Crippen LogP contribution in [0.4, 0.5) is 0 Å². The van der Waals surface area contributed by atoms with Gasteiger partial charge in [0.2, 0.25) is 5.91 Å². The van der Waals surface area contributed by atoms with Crippen LogP contribution in [-0.2, 0) is 9.53 Å². The summed E-state index contributed by atoms with van der Waals surface area (Å²) in [5.41, 5.74) is 0. The second kappa shape index (κ2) is 3.72. The molecule has 3 heteroatoms. The molecular weight excluding hydrogens is 142 g/mol. The van der Waals surface area contributed by atoms with Gasteiger partial charge in [-0.25, -0.2) is 0 Å². The maximum Gasteiger partial charge on any atom is 0.222 e. The third kappa shape index (κ3) is 2.89. The summed E-state index contributed by atoms with van der Waals surface area (Å²) in [6.07, 6.45) is 1.19. The lowest BCUT2D eigenvalue weighted by Gasteiger charge is -2.07. The van der Waals surface area contributed by atoms with Crippen LogP contribution in [0.1, 0.15) is 20.3 Å². The summed E-state index contributed by atoms with van der Waals surface area (Å²) in [6, 6.07) is 0. The number of rotatable bonds is 4. The van der Waals surface area contributed by atoms with Gasteiger partial charge in [-0.1, -0.05) is 13.8 Å². The van der Waals surface area contributed by atoms with Gasteiger partial charge in [-0.2, -0.15) is 0 Å². The molecule has 1 aliphatic rings. The summed E-state index contributed by atoms with van der Waals surface area (Å²) in [4.78, 5) is 11.1. The molecule has 1 aliphatic heterocycles. The zero-order valence-electron chi connectivity index (χ0n) is 7.09. The Morgan fingerprint density at radius 3 is 2.91 bits per heavy atom. The zero-order chi connectivity index (χ0) is 8.27. The van der Waals surface area contributed by atoms with Gasteiger partial charge in [-0.3, -0.25) is 4.79 Å². The van der Waals surface area contributed by atoms with E-state index in [4.69, 9.17) is 4.74 Å². The van der Waals surface area contributed by atoms with E-state index in [0.29, 0.717) is 12.6 Å². The average molecular weight is 157 g/mol. The number of nitrogens with one attached hydrogen (secondary N) is 1. The molecule has 1 heterocycles. The Balaban J connectivity index is 2.08. The fourth-order valence-corrected chi connectivity index (χ4v) is 0.760. The van der Waals surface area contributed by atoms with Crippen LogP contribution in [0.2, 0.25) is 0 Å². The molecule has 0 bridgehead atoms. The molecule has 0 aromatic heterocycles. The zero-order valence-corrected chi connectivity index (χ0v) is 7.09. The summed E-state index contributed by atoms with van der Waals surface area (Å²) < 4.78 is 4.96. The minimum atomic E-state index is 0.133. The van der Waals surface area contributed by atoms with Crippen LogP contribution in [-0.4, -0.2) is 25.2 Å². The number of epoxide rings is 1. The first-order valence-electron chi connectivity index (χ1n) is 4.13. The van der Waals surface area contributed by atoms with Crippen LogP contribution < -0.4 is 5.32 Å². The van der Waals surface area contributed by atoms with Gasteiger partial charge in [0.05, 0.1) is 12.7 Å². The largest absolute Gasteiger partial charge is 0.371 e. The Bertz CT molecular complexity index is 143. The molecule has 1 N–H and O–H groups in total. The third-order valence-corrected chi connectivity index (χ3v) is 1.97. The number of hydrogen-bond acceptors (Lipinski definition) is 2. The first-order chi connectivity index (χ1) is 5.24. The van der Waals surface area contributed by atoms with Crippen molar-refractivity contribution in [1.82, 2.24) is 5.32 Å². The van der Waals surface area contributed by atoms with Crippen molar-refractivity contribution in [2.24, 2.45) is 5.92 Å². The van der Waals surface area contributed by atoms with E-state index in [-0.39, 0.29) is 11.8 Å². The minimum Gasteiger partial charge on any atom is -0.371 e. The lowest BCUT2D eigenvalue weighted by atomic mass is 10.1. The van der Waals surface area contributed by atoms with Crippen LogP contribution in [0.25, 0.3) is 0 Å². The van der Waals surface area contributed by atoms with Crippen LogP contribution in [0.15, 0.2) is 0 Å². The SMILES string of the molecule is CC[C@H](C)C(=O)NC[C@H]1CO1. The lowest BCUT2D eigenvalue weighted by Crippen LogP contribution is -2.31. The van der Waals surface area contributed by atoms with E-state index in [1.54, 1.807) is 0 Å². The van der Waals surface area contributed by atoms with E-state index >= 15 is 0 Å². The Morgan fingerprint density at radius 2 is 2.45 bits per heavy atom. The fourth-order valence-electron chi connectivity index (χ4n) is 0.760. The highest BCUT2D eigenvalue weighted by Gasteiger charge is 2.23. The van der Waals surface area contributed by atoms with Crippen LogP contribution in [0.5, 0.6) is 0 Å². The summed E-state index contributed by atoms with van der Waals surface area (Å²) in [7, 11) is 0. The first kappa shape index (κ1) is 8.53. The number of amides is 1. The Labute approximate surface area is 67.1 Å². The van der Waals surface area contributed by atoms with Gasteiger partial charge < -0.3 is 10.1 Å². The van der Waals surface area contributed by atoms with Gasteiger partial charge in [0, 0.05) is 12.5 Å². The molecule has 64 valence electrons. The van der Waals surface area contributed by atoms with Crippen molar-refractivity contribution < 1.29 is 9.53 Å². The molecule has 2 atom stereocenters. The molecule has 1 fully saturated rings. The quantitative estimate of drug-likeness (QED) is 0.605. The molecule has 1 saturated heterocycles. The molecule has 0 aliphatic carbocycles. The normalized spacial score (nSPS) is 24.4. The number of carbonyl (C=O) groups excluding carboxylic acids is 1. The molecule has 11 heavy (non-hydrogen) atoms. The molecule has 0 radical (unpaired) electrons. The van der Waals surface area contributed by atoms with Gasteiger partial charge in [0.1, 0.15) is 0 Å². The van der Waals surface area contributed by atoms with Crippen LogP contribution in [0, 0.1) is 5.92 Å². The van der Waals surface area contributed by atoms with E-state index in [1.165, 1.54) is 0 Å². The second-order valence-electron chi connectivity index (χ2n) is 3.01. The van der Waals surface area contributed by atoms with E-state index in [0.717, 1.165) is 13.0 Å². The highest BCUT2D eigenvalue weighted by Crippen LogP contribution is 2.07. The first-order valence-corrected chi connectivity index (χ1v) is 4.13. The van der Waals surface area contributed by atoms with Gasteiger partial charge in [0.15, 0.2) is 0 Å². The molecule has 0 aromatic rings. The van der Waals surface area contributed by atoms with Gasteiger partial charge in [-0.15, -0.1) is 0 Å². The smallest absolute Gasteiger partial charge is 0.222 e. The Morgan fingerprint density at radius 1 is 1.82 bits per heavy atom. The highest BCUT2D eigenvalue weighted by atomic mass is 16.6. The van der Waals surface area contributed by atoms with Crippen molar-refractivity contribution in [1.29, 1.82) is 0 Å². The van der Waals surface area contributed by atoms with E-state index < -0.39 is 0 Å². The fraction of sp³-hybridized carbons (Fsp3) is 0.875. The predicted octanol–water partition coefficient (Wildman–Crippen LogP) is 0.547. The number of ether oxygens (including phenoxy) is 1. The molecule has 0 saturated carbocycles. The Hall–Kier alpha value is -0.570. The van der Waals surface area contributed by atoms with E-state index in [2.05, 4.69) is 5.32 Å². The van der Waals surface area contributed by atoms with Gasteiger partial charge in [-0.05, 0) is 6.42 Å². The molecule has 1 amide bonds. The van der Waals surface area contributed by atoms with Crippen molar-refractivity contribution in [2.45, 2.75) is 26.4 Å². The number of carbonyl (C=O) groups is 1. The predicted molar refractivity (Wildman–Crippen MR) is 42.2 cm³/mol. The average Bonchev–Trinajstić information content (AvgIpc) is 2.81. The molecule has 0 spiro atoms. The van der Waals surface area contributed by atoms with Gasteiger partial charge >= 0.3 is 0 Å². The van der Waals surface area contributed by atoms with Crippen molar-refractivity contribution in [3.05, 3.63) is 0 Å². The van der Waals surface area contributed by atoms with Crippen molar-refractivity contribution in [3.8, 4) is 0 Å². The standard InChI is InChI=1S/C8H15NO2/c1-3-6(2)8(10)9-4-7-5-11-7/h6-7H,3-5H2,1-2H3,(H,9,10)/t6-,7-/m0/s1. The van der Waals surface area contributed by atoms with Crippen molar-refractivity contribution in [2.75, 3.05) is 13.2 Å². The highest BCUT2D eigenvalue weighted by molar-refractivity contribution is 5.78. The third-order valence-electron chi connectivity index (χ3n) is 1.97. The van der Waals surface area contributed by atoms with E-state index in [9.17, 15) is 4.79 Å². The maximum atomic E-state index is 11.1. The maximum absolute atomic E-state index is 11.1. The monoisotopic (exact) mass is 157 g/mol. The summed E-state index contributed by atoms with van der Waals surface area (Å²) in [5.74, 6) is 0.275. The van der Waals surface area contributed by atoms with Crippen LogP contribution in [0.3, 0.4) is 0 Å². The van der Waals surface area contributed by atoms with E-state index in [1.807, 2.05) is 13.8 Å². The van der Waals surface area contributed by atoms with Crippen LogP contribution >= 0.6 is 0 Å². The molecule has 3 nitrogen and oxygen atoms in total. The second-order valence-corrected chi connectivity index (χ2v) is 3.01.